The molecule has 2 heteroatoms. The third-order valence-electron chi connectivity index (χ3n) is 4.82. The molecule has 2 fully saturated rings. The molecule has 2 rings (SSSR count). The number of likely N-dealkylation sites (tertiary alicyclic amines) is 2. The van der Waals surface area contributed by atoms with Crippen LogP contribution in [0.1, 0.15) is 40.5 Å². The van der Waals surface area contributed by atoms with Gasteiger partial charge in [0.25, 0.3) is 0 Å². The predicted molar refractivity (Wildman–Crippen MR) is 74.2 cm³/mol. The lowest BCUT2D eigenvalue weighted by Crippen LogP contribution is -2.32. The van der Waals surface area contributed by atoms with Crippen LogP contribution < -0.4 is 0 Å². The summed E-state index contributed by atoms with van der Waals surface area (Å²) in [5.41, 5.74) is 0. The van der Waals surface area contributed by atoms with Gasteiger partial charge in [0, 0.05) is 25.7 Å². The molecule has 0 aromatic carbocycles. The molecule has 2 heterocycles. The van der Waals surface area contributed by atoms with E-state index in [0.717, 1.165) is 23.8 Å². The largest absolute Gasteiger partial charge is 0.303 e. The lowest BCUT2D eigenvalue weighted by molar-refractivity contribution is 0.231. The molecule has 2 atom stereocenters. The molecule has 2 aliphatic heterocycles. The van der Waals surface area contributed by atoms with Gasteiger partial charge in [-0.05, 0) is 57.5 Å². The minimum Gasteiger partial charge on any atom is -0.303 e. The van der Waals surface area contributed by atoms with E-state index in [1.165, 1.54) is 45.6 Å². The smallest absolute Gasteiger partial charge is 0.00387 e. The summed E-state index contributed by atoms with van der Waals surface area (Å²) in [6.45, 7) is 16.1. The van der Waals surface area contributed by atoms with Crippen molar-refractivity contribution in [1.82, 2.24) is 9.80 Å². The Hall–Kier alpha value is -0.0800. The number of nitrogens with zero attached hydrogens (tertiary/aromatic N) is 2. The minimum atomic E-state index is 0.738. The van der Waals surface area contributed by atoms with Crippen LogP contribution in [0.15, 0.2) is 0 Å². The molecule has 0 saturated carbocycles. The predicted octanol–water partition coefficient (Wildman–Crippen LogP) is 2.69. The van der Waals surface area contributed by atoms with Gasteiger partial charge in [-0.25, -0.2) is 0 Å². The van der Waals surface area contributed by atoms with Crippen molar-refractivity contribution >= 4 is 0 Å². The van der Waals surface area contributed by atoms with Crippen LogP contribution in [-0.2, 0) is 0 Å². The quantitative estimate of drug-likeness (QED) is 0.743. The normalized spacial score (nSPS) is 32.1. The molecular weight excluding hydrogens is 208 g/mol. The highest BCUT2D eigenvalue weighted by atomic mass is 15.2. The minimum absolute atomic E-state index is 0.738. The van der Waals surface area contributed by atoms with Crippen molar-refractivity contribution in [3.63, 3.8) is 0 Å². The summed E-state index contributed by atoms with van der Waals surface area (Å²) in [7, 11) is 0. The van der Waals surface area contributed by atoms with Gasteiger partial charge in [0.1, 0.15) is 0 Å². The first-order valence-electron chi connectivity index (χ1n) is 7.52. The SMILES string of the molecule is CC(C)C1CCN(CC2CCN(C(C)C)C2)C1. The highest BCUT2D eigenvalue weighted by Crippen LogP contribution is 2.26. The molecule has 0 aliphatic carbocycles. The van der Waals surface area contributed by atoms with Crippen molar-refractivity contribution in [3.8, 4) is 0 Å². The van der Waals surface area contributed by atoms with Gasteiger partial charge in [-0.15, -0.1) is 0 Å². The first kappa shape index (κ1) is 13.4. The van der Waals surface area contributed by atoms with Gasteiger partial charge >= 0.3 is 0 Å². The monoisotopic (exact) mass is 238 g/mol. The Balaban J connectivity index is 1.73. The second-order valence-corrected chi connectivity index (χ2v) is 6.80. The molecule has 100 valence electrons. The third-order valence-corrected chi connectivity index (χ3v) is 4.82. The van der Waals surface area contributed by atoms with Crippen molar-refractivity contribution in [2.75, 3.05) is 32.7 Å². The maximum absolute atomic E-state index is 2.72. The summed E-state index contributed by atoms with van der Waals surface area (Å²) in [4.78, 5) is 5.36. The molecular formula is C15H30N2. The molecule has 0 aromatic heterocycles. The Kier molecular flexibility index (Phi) is 4.48. The van der Waals surface area contributed by atoms with Gasteiger partial charge < -0.3 is 9.80 Å². The Morgan fingerprint density at radius 3 is 2.29 bits per heavy atom. The zero-order valence-corrected chi connectivity index (χ0v) is 12.2. The fourth-order valence-electron chi connectivity index (χ4n) is 3.42. The van der Waals surface area contributed by atoms with Crippen molar-refractivity contribution in [2.24, 2.45) is 17.8 Å². The fraction of sp³-hybridized carbons (Fsp3) is 1.00. The van der Waals surface area contributed by atoms with Crippen LogP contribution in [0.2, 0.25) is 0 Å². The molecule has 2 unspecified atom stereocenters. The number of hydrogen-bond donors (Lipinski definition) is 0. The van der Waals surface area contributed by atoms with Crippen LogP contribution in [0.3, 0.4) is 0 Å². The zero-order chi connectivity index (χ0) is 12.4. The topological polar surface area (TPSA) is 6.48 Å². The van der Waals surface area contributed by atoms with Gasteiger partial charge in [-0.3, -0.25) is 0 Å². The Bertz CT molecular complexity index is 213. The standard InChI is InChI=1S/C15H30N2/c1-12(2)15-6-7-16(11-15)9-14-5-8-17(10-14)13(3)4/h12-15H,5-11H2,1-4H3. The van der Waals surface area contributed by atoms with Gasteiger partial charge in [-0.2, -0.15) is 0 Å². The second kappa shape index (κ2) is 5.71. The van der Waals surface area contributed by atoms with Crippen molar-refractivity contribution in [2.45, 2.75) is 46.6 Å². The summed E-state index contributed by atoms with van der Waals surface area (Å²) < 4.78 is 0. The zero-order valence-electron chi connectivity index (χ0n) is 12.2. The van der Waals surface area contributed by atoms with Gasteiger partial charge in [0.05, 0.1) is 0 Å². The van der Waals surface area contributed by atoms with E-state index in [1.807, 2.05) is 0 Å². The molecule has 0 amide bonds. The van der Waals surface area contributed by atoms with E-state index in [4.69, 9.17) is 0 Å². The second-order valence-electron chi connectivity index (χ2n) is 6.80. The molecule has 2 aliphatic rings. The molecule has 2 nitrogen and oxygen atoms in total. The summed E-state index contributed by atoms with van der Waals surface area (Å²) in [6, 6.07) is 0.738. The fourth-order valence-corrected chi connectivity index (χ4v) is 3.42. The van der Waals surface area contributed by atoms with E-state index in [2.05, 4.69) is 37.5 Å². The molecule has 2 saturated heterocycles. The maximum Gasteiger partial charge on any atom is 0.00387 e. The third kappa shape index (κ3) is 3.45. The van der Waals surface area contributed by atoms with Crippen molar-refractivity contribution < 1.29 is 0 Å². The molecule has 17 heavy (non-hydrogen) atoms. The summed E-state index contributed by atoms with van der Waals surface area (Å²) in [5.74, 6) is 2.76. The first-order valence-corrected chi connectivity index (χ1v) is 7.52. The van der Waals surface area contributed by atoms with Crippen LogP contribution >= 0.6 is 0 Å². The van der Waals surface area contributed by atoms with E-state index >= 15 is 0 Å². The van der Waals surface area contributed by atoms with Gasteiger partial charge in [0.15, 0.2) is 0 Å². The molecule has 0 aromatic rings. The van der Waals surface area contributed by atoms with Gasteiger partial charge in [0.2, 0.25) is 0 Å². The first-order chi connectivity index (χ1) is 8.06. The lowest BCUT2D eigenvalue weighted by atomic mass is 9.95. The van der Waals surface area contributed by atoms with Gasteiger partial charge in [-0.1, -0.05) is 13.8 Å². The molecule has 0 N–H and O–H groups in total. The van der Waals surface area contributed by atoms with Crippen molar-refractivity contribution in [1.29, 1.82) is 0 Å². The van der Waals surface area contributed by atoms with E-state index in [9.17, 15) is 0 Å². The highest BCUT2D eigenvalue weighted by Gasteiger charge is 2.30. The Labute approximate surface area is 107 Å². The van der Waals surface area contributed by atoms with E-state index in [-0.39, 0.29) is 0 Å². The summed E-state index contributed by atoms with van der Waals surface area (Å²) in [6.07, 6.45) is 2.85. The van der Waals surface area contributed by atoms with Crippen LogP contribution in [0.5, 0.6) is 0 Å². The highest BCUT2D eigenvalue weighted by molar-refractivity contribution is 4.84. The molecule has 0 bridgehead atoms. The molecule has 0 radical (unpaired) electrons. The van der Waals surface area contributed by atoms with Crippen molar-refractivity contribution in [3.05, 3.63) is 0 Å². The Morgan fingerprint density at radius 1 is 1.00 bits per heavy atom. The summed E-state index contributed by atoms with van der Waals surface area (Å²) >= 11 is 0. The van der Waals surface area contributed by atoms with Crippen LogP contribution in [0.25, 0.3) is 0 Å². The van der Waals surface area contributed by atoms with E-state index in [0.29, 0.717) is 0 Å². The van der Waals surface area contributed by atoms with Crippen LogP contribution in [0.4, 0.5) is 0 Å². The Morgan fingerprint density at radius 2 is 1.76 bits per heavy atom. The summed E-state index contributed by atoms with van der Waals surface area (Å²) in [5, 5.41) is 0. The average molecular weight is 238 g/mol. The van der Waals surface area contributed by atoms with Crippen LogP contribution in [-0.4, -0.2) is 48.6 Å². The maximum atomic E-state index is 2.72. The van der Waals surface area contributed by atoms with Crippen LogP contribution in [0, 0.1) is 17.8 Å². The number of hydrogen-bond acceptors (Lipinski definition) is 2. The van der Waals surface area contributed by atoms with E-state index in [1.54, 1.807) is 0 Å². The molecule has 0 spiro atoms. The average Bonchev–Trinajstić information content (AvgIpc) is 2.87. The number of rotatable bonds is 4. The van der Waals surface area contributed by atoms with E-state index < -0.39 is 0 Å². The lowest BCUT2D eigenvalue weighted by Gasteiger charge is -2.23.